The van der Waals surface area contributed by atoms with Gasteiger partial charge in [0, 0.05) is 45.0 Å². The van der Waals surface area contributed by atoms with Crippen molar-refractivity contribution in [2.75, 3.05) is 57.5 Å². The molecule has 0 spiro atoms. The number of thioether (sulfide) groups is 4. The number of rotatable bonds is 14. The van der Waals surface area contributed by atoms with Gasteiger partial charge in [-0.3, -0.25) is 0 Å². The predicted octanol–water partition coefficient (Wildman–Crippen LogP) is 2.85. The number of anilines is 2. The molecule has 0 fully saturated rings. The summed E-state index contributed by atoms with van der Waals surface area (Å²) < 4.78 is 0. The first-order valence-corrected chi connectivity index (χ1v) is 13.8. The average molecular weight is 476 g/mol. The van der Waals surface area contributed by atoms with E-state index in [2.05, 4.69) is 52.8 Å². The Morgan fingerprint density at radius 2 is 1.48 bits per heavy atom. The topological polar surface area (TPSA) is 90.7 Å². The fourth-order valence-corrected chi connectivity index (χ4v) is 7.61. The number of hydrogen-bond donors (Lipinski definition) is 5. The maximum absolute atomic E-state index is 5.63. The summed E-state index contributed by atoms with van der Waals surface area (Å²) in [4.78, 5) is 12.1. The van der Waals surface area contributed by atoms with Gasteiger partial charge in [0.1, 0.15) is 0 Å². The minimum Gasteiger partial charge on any atom is -0.368 e. The zero-order valence-electron chi connectivity index (χ0n) is 13.8. The summed E-state index contributed by atoms with van der Waals surface area (Å²) in [7, 11) is 0. The van der Waals surface area contributed by atoms with Gasteiger partial charge in [-0.15, -0.1) is 0 Å². The molecule has 2 unspecified atom stereocenters. The zero-order chi connectivity index (χ0) is 18.5. The Morgan fingerprint density at radius 3 is 2.08 bits per heavy atom. The molecule has 0 aliphatic heterocycles. The van der Waals surface area contributed by atoms with Gasteiger partial charge >= 0.3 is 0 Å². The number of aromatic nitrogens is 3. The highest BCUT2D eigenvalue weighted by Crippen LogP contribution is 2.27. The third kappa shape index (κ3) is 11.5. The first kappa shape index (κ1) is 24.1. The molecule has 1 heterocycles. The normalized spacial score (nSPS) is 13.7. The van der Waals surface area contributed by atoms with Crippen LogP contribution in [0.25, 0.3) is 0 Å². The van der Waals surface area contributed by atoms with Crippen molar-refractivity contribution in [3.8, 4) is 0 Å². The molecule has 1 rings (SSSR count). The van der Waals surface area contributed by atoms with Crippen molar-refractivity contribution < 1.29 is 0 Å². The molecular formula is C13H25N5S7. The van der Waals surface area contributed by atoms with Gasteiger partial charge in [-0.1, -0.05) is 11.8 Å². The second-order valence-electron chi connectivity index (χ2n) is 4.80. The molecule has 0 aromatic carbocycles. The third-order valence-corrected chi connectivity index (χ3v) is 9.91. The van der Waals surface area contributed by atoms with Crippen molar-refractivity contribution in [2.24, 2.45) is 0 Å². The lowest BCUT2D eigenvalue weighted by atomic mass is 10.5. The molecule has 0 amide bonds. The van der Waals surface area contributed by atoms with Crippen LogP contribution in [0.5, 0.6) is 0 Å². The number of nitrogen functional groups attached to an aromatic ring is 2. The molecule has 0 saturated carbocycles. The van der Waals surface area contributed by atoms with Crippen molar-refractivity contribution in [1.82, 2.24) is 15.0 Å². The van der Waals surface area contributed by atoms with E-state index in [0.29, 0.717) is 15.7 Å². The number of thiol groups is 3. The highest BCUT2D eigenvalue weighted by Gasteiger charge is 2.15. The predicted molar refractivity (Wildman–Crippen MR) is 131 cm³/mol. The maximum Gasteiger partial charge on any atom is 0.225 e. The Labute approximate surface area is 183 Å². The molecule has 144 valence electrons. The van der Waals surface area contributed by atoms with Crippen LogP contribution >= 0.6 is 84.9 Å². The lowest BCUT2D eigenvalue weighted by molar-refractivity contribution is 0.927. The molecule has 0 saturated heterocycles. The van der Waals surface area contributed by atoms with E-state index in [9.17, 15) is 0 Å². The fraction of sp³-hybridized carbons (Fsp3) is 0.769. The van der Waals surface area contributed by atoms with Crippen LogP contribution in [0.15, 0.2) is 5.16 Å². The first-order valence-electron chi connectivity index (χ1n) is 7.62. The largest absolute Gasteiger partial charge is 0.368 e. The Hall–Kier alpha value is 1.06. The van der Waals surface area contributed by atoms with Crippen LogP contribution in [-0.2, 0) is 0 Å². The molecule has 25 heavy (non-hydrogen) atoms. The quantitative estimate of drug-likeness (QED) is 0.158. The zero-order valence-corrected chi connectivity index (χ0v) is 19.7. The van der Waals surface area contributed by atoms with Gasteiger partial charge in [-0.25, -0.2) is 0 Å². The molecule has 4 N–H and O–H groups in total. The highest BCUT2D eigenvalue weighted by molar-refractivity contribution is 8.06. The molecule has 0 aliphatic carbocycles. The van der Waals surface area contributed by atoms with Crippen molar-refractivity contribution in [3.63, 3.8) is 0 Å². The van der Waals surface area contributed by atoms with Gasteiger partial charge in [-0.05, 0) is 11.5 Å². The molecule has 2 atom stereocenters. The second-order valence-corrected chi connectivity index (χ2v) is 10.9. The summed E-state index contributed by atoms with van der Waals surface area (Å²) in [5.41, 5.74) is 11.3. The molecule has 1 aromatic rings. The van der Waals surface area contributed by atoms with E-state index in [4.69, 9.17) is 11.5 Å². The molecule has 12 heteroatoms. The molecule has 0 bridgehead atoms. The highest BCUT2D eigenvalue weighted by atomic mass is 32.2. The minimum absolute atomic E-state index is 0.167. The number of nitrogens with two attached hydrogens (primary N) is 2. The van der Waals surface area contributed by atoms with Gasteiger partial charge in [-0.2, -0.15) is 88.1 Å². The van der Waals surface area contributed by atoms with Crippen LogP contribution in [-0.4, -0.2) is 71.5 Å². The van der Waals surface area contributed by atoms with E-state index in [0.717, 1.165) is 46.0 Å². The molecule has 0 aliphatic rings. The van der Waals surface area contributed by atoms with E-state index >= 15 is 0 Å². The standard InChI is InChI=1S/C13H25N5S7/c14-11-16-12(15)18-13(17-11)25-8-10(23-4-2-20)7-24-9(5-21)6-22-3-1-19/h9-10,19-21H,1-8H2,(H4,14,15,16,17,18). The molecule has 5 nitrogen and oxygen atoms in total. The fourth-order valence-electron chi connectivity index (χ4n) is 1.66. The SMILES string of the molecule is Nc1nc(N)nc(SCC(CSC(CS)CSCCS)SCCS)n1. The average Bonchev–Trinajstić information content (AvgIpc) is 2.58. The van der Waals surface area contributed by atoms with E-state index in [1.807, 2.05) is 35.3 Å². The van der Waals surface area contributed by atoms with Crippen LogP contribution < -0.4 is 11.5 Å². The third-order valence-electron chi connectivity index (χ3n) is 2.75. The lowest BCUT2D eigenvalue weighted by Crippen LogP contribution is -2.17. The number of nitrogens with zero attached hydrogens (tertiary/aromatic N) is 3. The number of hydrogen-bond acceptors (Lipinski definition) is 12. The van der Waals surface area contributed by atoms with E-state index in [-0.39, 0.29) is 11.9 Å². The van der Waals surface area contributed by atoms with Crippen LogP contribution in [0.2, 0.25) is 0 Å². The minimum atomic E-state index is 0.167. The maximum atomic E-state index is 5.63. The Kier molecular flexibility index (Phi) is 14.5. The summed E-state index contributed by atoms with van der Waals surface area (Å²) in [6.07, 6.45) is 0. The van der Waals surface area contributed by atoms with Crippen LogP contribution in [0.4, 0.5) is 11.9 Å². The van der Waals surface area contributed by atoms with E-state index in [1.165, 1.54) is 0 Å². The van der Waals surface area contributed by atoms with Crippen LogP contribution in [0.1, 0.15) is 0 Å². The first-order chi connectivity index (χ1) is 12.1. The summed E-state index contributed by atoms with van der Waals surface area (Å²) in [5.74, 6) is 8.21. The Balaban J connectivity index is 2.48. The van der Waals surface area contributed by atoms with Crippen LogP contribution in [0.3, 0.4) is 0 Å². The second kappa shape index (κ2) is 15.0. The van der Waals surface area contributed by atoms with E-state index < -0.39 is 0 Å². The van der Waals surface area contributed by atoms with Gasteiger partial charge in [0.25, 0.3) is 0 Å². The van der Waals surface area contributed by atoms with E-state index in [1.54, 1.807) is 11.8 Å². The molecule has 1 aromatic heterocycles. The summed E-state index contributed by atoms with van der Waals surface area (Å²) in [6, 6.07) is 0. The van der Waals surface area contributed by atoms with Gasteiger partial charge in [0.15, 0.2) is 5.16 Å². The van der Waals surface area contributed by atoms with Crippen molar-refractivity contribution in [3.05, 3.63) is 0 Å². The lowest BCUT2D eigenvalue weighted by Gasteiger charge is -2.19. The van der Waals surface area contributed by atoms with Crippen molar-refractivity contribution >= 4 is 96.8 Å². The Morgan fingerprint density at radius 1 is 0.800 bits per heavy atom. The molecular weight excluding hydrogens is 451 g/mol. The van der Waals surface area contributed by atoms with Gasteiger partial charge in [0.2, 0.25) is 11.9 Å². The van der Waals surface area contributed by atoms with Crippen molar-refractivity contribution in [2.45, 2.75) is 15.7 Å². The smallest absolute Gasteiger partial charge is 0.225 e. The Bertz CT molecular complexity index is 462. The summed E-state index contributed by atoms with van der Waals surface area (Å²) in [5, 5.41) is 1.63. The van der Waals surface area contributed by atoms with Crippen molar-refractivity contribution in [1.29, 1.82) is 0 Å². The summed E-state index contributed by atoms with van der Waals surface area (Å²) in [6.45, 7) is 0. The van der Waals surface area contributed by atoms with Crippen LogP contribution in [0, 0.1) is 0 Å². The van der Waals surface area contributed by atoms with Gasteiger partial charge in [0.05, 0.1) is 0 Å². The monoisotopic (exact) mass is 475 g/mol. The molecule has 0 radical (unpaired) electrons. The van der Waals surface area contributed by atoms with Gasteiger partial charge < -0.3 is 11.5 Å². The summed E-state index contributed by atoms with van der Waals surface area (Å²) >= 11 is 20.5.